The number of unbranched alkanes of at least 4 members (excludes halogenated alkanes) is 2. The lowest BCUT2D eigenvalue weighted by molar-refractivity contribution is -0.136. The topological polar surface area (TPSA) is 62.1 Å². The Morgan fingerprint density at radius 2 is 2.07 bits per heavy atom. The molecule has 0 aliphatic heterocycles. The van der Waals surface area contributed by atoms with Gasteiger partial charge in [0.2, 0.25) is 5.91 Å². The zero-order valence-electron chi connectivity index (χ0n) is 18.5. The monoisotopic (exact) mass is 395 g/mol. The number of aromatic nitrogens is 1. The van der Waals surface area contributed by atoms with Crippen molar-refractivity contribution >= 4 is 22.4 Å². The second-order valence-electron chi connectivity index (χ2n) is 8.70. The summed E-state index contributed by atoms with van der Waals surface area (Å²) >= 11 is 0. The molecule has 1 aromatic heterocycles. The number of nitrogens with zero attached hydrogens (tertiary/aromatic N) is 1. The molecule has 1 aliphatic rings. The van der Waals surface area contributed by atoms with E-state index in [0.29, 0.717) is 0 Å². The maximum Gasteiger partial charge on any atom is 0.229 e. The van der Waals surface area contributed by atoms with Crippen LogP contribution in [0.2, 0.25) is 0 Å². The average molecular weight is 396 g/mol. The van der Waals surface area contributed by atoms with E-state index in [1.807, 2.05) is 0 Å². The molecule has 1 amide bonds. The molecule has 0 bridgehead atoms. The van der Waals surface area contributed by atoms with Crippen LogP contribution in [-0.4, -0.2) is 34.4 Å². The van der Waals surface area contributed by atoms with Crippen molar-refractivity contribution in [1.29, 1.82) is 0 Å². The number of amides is 1. The van der Waals surface area contributed by atoms with Crippen molar-refractivity contribution in [3.05, 3.63) is 41.6 Å². The number of benzene rings is 1. The van der Waals surface area contributed by atoms with Gasteiger partial charge in [-0.05, 0) is 55.9 Å². The van der Waals surface area contributed by atoms with Gasteiger partial charge in [-0.2, -0.15) is 0 Å². The lowest BCUT2D eigenvalue weighted by atomic mass is 9.82. The lowest BCUT2D eigenvalue weighted by Crippen LogP contribution is -2.41. The van der Waals surface area contributed by atoms with Crippen LogP contribution in [0.15, 0.2) is 30.5 Å². The molecule has 0 unspecified atom stereocenters. The zero-order valence-corrected chi connectivity index (χ0v) is 18.5. The standard InChI is InChI=1S/C25H37N3O/c1-5-7-8-13-28(17(3)4)25(29)18(10-6-2)14-21-20-11-9-12-23-24(20)19(16-27-23)15-22(21)26/h9,11-12,14,16-18,22,27H,5-8,10,13,15,26H2,1-4H3/b21-14-/t18-,22+/m0/s1. The van der Waals surface area contributed by atoms with Crippen molar-refractivity contribution in [3.63, 3.8) is 0 Å². The third-order valence-electron chi connectivity index (χ3n) is 6.14. The first-order chi connectivity index (χ1) is 14.0. The van der Waals surface area contributed by atoms with Gasteiger partial charge in [0.1, 0.15) is 0 Å². The molecular formula is C25H37N3O. The summed E-state index contributed by atoms with van der Waals surface area (Å²) in [7, 11) is 0. The number of H-pyrrole nitrogens is 1. The van der Waals surface area contributed by atoms with Gasteiger partial charge in [0.05, 0.1) is 5.92 Å². The van der Waals surface area contributed by atoms with Crippen molar-refractivity contribution < 1.29 is 4.79 Å². The molecule has 4 heteroatoms. The number of nitrogens with two attached hydrogens (primary N) is 1. The van der Waals surface area contributed by atoms with Crippen LogP contribution in [0, 0.1) is 5.92 Å². The SMILES string of the molecule is CCCCCN(C(=O)[C@H](/C=C1/c2cccc3[nH]cc(c23)C[C@H]1N)CCC)C(C)C. The van der Waals surface area contributed by atoms with E-state index in [0.717, 1.165) is 43.3 Å². The van der Waals surface area contributed by atoms with Crippen molar-refractivity contribution in [2.45, 2.75) is 78.3 Å². The van der Waals surface area contributed by atoms with Crippen molar-refractivity contribution in [3.8, 4) is 0 Å². The summed E-state index contributed by atoms with van der Waals surface area (Å²) in [5.41, 5.74) is 11.3. The van der Waals surface area contributed by atoms with Crippen LogP contribution in [0.1, 0.15) is 70.9 Å². The first-order valence-electron chi connectivity index (χ1n) is 11.3. The number of nitrogens with one attached hydrogen (secondary N) is 1. The van der Waals surface area contributed by atoms with Gasteiger partial charge >= 0.3 is 0 Å². The van der Waals surface area contributed by atoms with Gasteiger partial charge in [0.25, 0.3) is 0 Å². The number of carbonyl (C=O) groups is 1. The van der Waals surface area contributed by atoms with E-state index in [1.165, 1.54) is 29.4 Å². The van der Waals surface area contributed by atoms with Gasteiger partial charge in [0.15, 0.2) is 0 Å². The Morgan fingerprint density at radius 1 is 1.28 bits per heavy atom. The Hall–Kier alpha value is -2.07. The lowest BCUT2D eigenvalue weighted by Gasteiger charge is -2.31. The van der Waals surface area contributed by atoms with Crippen molar-refractivity contribution in [2.75, 3.05) is 6.54 Å². The molecule has 2 atom stereocenters. The molecule has 2 aromatic rings. The highest BCUT2D eigenvalue weighted by Crippen LogP contribution is 2.36. The van der Waals surface area contributed by atoms with E-state index < -0.39 is 0 Å². The summed E-state index contributed by atoms with van der Waals surface area (Å²) in [6, 6.07) is 6.49. The first kappa shape index (κ1) is 21.6. The van der Waals surface area contributed by atoms with E-state index in [9.17, 15) is 4.79 Å². The van der Waals surface area contributed by atoms with Gasteiger partial charge in [-0.3, -0.25) is 4.79 Å². The Labute approximate surface area is 175 Å². The maximum absolute atomic E-state index is 13.5. The summed E-state index contributed by atoms with van der Waals surface area (Å²) in [5.74, 6) is 0.144. The summed E-state index contributed by atoms with van der Waals surface area (Å²) in [4.78, 5) is 19.0. The van der Waals surface area contributed by atoms with Gasteiger partial charge in [-0.1, -0.05) is 51.3 Å². The highest BCUT2D eigenvalue weighted by molar-refractivity contribution is 5.98. The molecule has 0 saturated heterocycles. The summed E-state index contributed by atoms with van der Waals surface area (Å²) < 4.78 is 0. The van der Waals surface area contributed by atoms with Gasteiger partial charge in [0, 0.05) is 35.7 Å². The number of hydrogen-bond acceptors (Lipinski definition) is 2. The molecule has 29 heavy (non-hydrogen) atoms. The third-order valence-corrected chi connectivity index (χ3v) is 6.14. The second-order valence-corrected chi connectivity index (χ2v) is 8.70. The van der Waals surface area contributed by atoms with E-state index in [1.54, 1.807) is 0 Å². The molecule has 3 rings (SSSR count). The highest BCUT2D eigenvalue weighted by atomic mass is 16.2. The number of aromatic amines is 1. The molecule has 1 heterocycles. The zero-order chi connectivity index (χ0) is 21.0. The minimum atomic E-state index is -0.110. The van der Waals surface area contributed by atoms with Gasteiger partial charge < -0.3 is 15.6 Å². The highest BCUT2D eigenvalue weighted by Gasteiger charge is 2.28. The summed E-state index contributed by atoms with van der Waals surface area (Å²) in [6.07, 6.45) is 10.3. The van der Waals surface area contributed by atoms with E-state index >= 15 is 0 Å². The van der Waals surface area contributed by atoms with E-state index in [-0.39, 0.29) is 23.9 Å². The maximum atomic E-state index is 13.5. The fraction of sp³-hybridized carbons (Fsp3) is 0.560. The van der Waals surface area contributed by atoms with Crippen LogP contribution in [0.25, 0.3) is 16.5 Å². The molecule has 0 saturated carbocycles. The Bertz CT molecular complexity index is 864. The van der Waals surface area contributed by atoms with Crippen molar-refractivity contribution in [2.24, 2.45) is 11.7 Å². The number of carbonyl (C=O) groups excluding carboxylic acids is 1. The molecule has 4 nitrogen and oxygen atoms in total. The minimum absolute atomic E-state index is 0.0661. The molecule has 0 spiro atoms. The average Bonchev–Trinajstić information content (AvgIpc) is 3.10. The summed E-state index contributed by atoms with van der Waals surface area (Å²) in [6.45, 7) is 9.45. The van der Waals surface area contributed by atoms with Crippen LogP contribution >= 0.6 is 0 Å². The van der Waals surface area contributed by atoms with Crippen LogP contribution in [0.3, 0.4) is 0 Å². The normalized spacial score (nSPS) is 18.6. The smallest absolute Gasteiger partial charge is 0.229 e. The molecule has 0 radical (unpaired) electrons. The fourth-order valence-electron chi connectivity index (χ4n) is 4.59. The fourth-order valence-corrected chi connectivity index (χ4v) is 4.59. The first-order valence-corrected chi connectivity index (χ1v) is 11.3. The van der Waals surface area contributed by atoms with Crippen LogP contribution < -0.4 is 5.73 Å². The van der Waals surface area contributed by atoms with Crippen LogP contribution in [-0.2, 0) is 11.2 Å². The van der Waals surface area contributed by atoms with Crippen LogP contribution in [0.5, 0.6) is 0 Å². The number of rotatable bonds is 9. The molecular weight excluding hydrogens is 358 g/mol. The molecule has 158 valence electrons. The Kier molecular flexibility index (Phi) is 7.18. The van der Waals surface area contributed by atoms with E-state index in [2.05, 4.69) is 68.1 Å². The predicted octanol–water partition coefficient (Wildman–Crippen LogP) is 5.28. The van der Waals surface area contributed by atoms with Crippen LogP contribution in [0.4, 0.5) is 0 Å². The Balaban J connectivity index is 1.95. The van der Waals surface area contributed by atoms with Gasteiger partial charge in [-0.15, -0.1) is 0 Å². The third kappa shape index (κ3) is 4.58. The molecule has 0 fully saturated rings. The molecule has 1 aliphatic carbocycles. The second kappa shape index (κ2) is 9.62. The predicted molar refractivity (Wildman–Crippen MR) is 123 cm³/mol. The minimum Gasteiger partial charge on any atom is -0.361 e. The number of hydrogen-bond donors (Lipinski definition) is 2. The van der Waals surface area contributed by atoms with Crippen molar-refractivity contribution in [1.82, 2.24) is 9.88 Å². The van der Waals surface area contributed by atoms with Gasteiger partial charge in [-0.25, -0.2) is 0 Å². The molecule has 1 aromatic carbocycles. The molecule has 3 N–H and O–H groups in total. The van der Waals surface area contributed by atoms with E-state index in [4.69, 9.17) is 5.73 Å². The quantitative estimate of drug-likeness (QED) is 0.568. The summed E-state index contributed by atoms with van der Waals surface area (Å²) in [5, 5.41) is 1.27. The Morgan fingerprint density at radius 3 is 2.76 bits per heavy atom. The largest absolute Gasteiger partial charge is 0.361 e.